The SMILES string of the molecule is C#C.C=C/C(=C\C1=C(C)CCCC1)OC(=O)C(C)(C)C.COc1cccc(N(C(=O)c2ccc(O)c(F)c2)C(C)C)c1. The Morgan fingerprint density at radius 3 is 2.26 bits per heavy atom. The van der Waals surface area contributed by atoms with Crippen LogP contribution in [0.5, 0.6) is 11.5 Å². The smallest absolute Gasteiger partial charge is 0.316 e. The predicted molar refractivity (Wildman–Crippen MR) is 168 cm³/mol. The van der Waals surface area contributed by atoms with Crippen LogP contribution in [0.4, 0.5) is 10.1 Å². The molecule has 1 aliphatic carbocycles. The van der Waals surface area contributed by atoms with Gasteiger partial charge in [-0.15, -0.1) is 12.8 Å². The molecule has 2 aromatic rings. The number of amides is 1. The molecule has 42 heavy (non-hydrogen) atoms. The normalized spacial score (nSPS) is 13.2. The summed E-state index contributed by atoms with van der Waals surface area (Å²) in [6.07, 6.45) is 16.2. The molecule has 0 aliphatic heterocycles. The third kappa shape index (κ3) is 10.6. The Kier molecular flexibility index (Phi) is 14.3. The average molecular weight is 578 g/mol. The first kappa shape index (κ1) is 35.7. The van der Waals surface area contributed by atoms with Crippen LogP contribution in [0, 0.1) is 24.1 Å². The van der Waals surface area contributed by atoms with Crippen molar-refractivity contribution in [3.63, 3.8) is 0 Å². The number of terminal acetylenes is 1. The number of hydrogen-bond acceptors (Lipinski definition) is 5. The maximum atomic E-state index is 13.5. The molecule has 3 rings (SSSR count). The molecular formula is C35H44FNO5. The Bertz CT molecular complexity index is 1310. The Hall–Kier alpha value is -4.31. The molecule has 7 heteroatoms. The fraction of sp³-hybridized carbons (Fsp3) is 0.371. The number of ether oxygens (including phenoxy) is 2. The van der Waals surface area contributed by atoms with E-state index in [9.17, 15) is 19.1 Å². The Morgan fingerprint density at radius 1 is 1.10 bits per heavy atom. The minimum atomic E-state index is -0.819. The number of benzene rings is 2. The van der Waals surface area contributed by atoms with Crippen molar-refractivity contribution in [1.82, 2.24) is 0 Å². The number of halogens is 1. The van der Waals surface area contributed by atoms with Gasteiger partial charge in [0.2, 0.25) is 0 Å². The topological polar surface area (TPSA) is 76.1 Å². The molecule has 0 heterocycles. The fourth-order valence-electron chi connectivity index (χ4n) is 4.03. The number of allylic oxidation sites excluding steroid dienone is 4. The van der Waals surface area contributed by atoms with Crippen molar-refractivity contribution < 1.29 is 28.6 Å². The Morgan fingerprint density at radius 2 is 1.74 bits per heavy atom. The number of phenols is 1. The van der Waals surface area contributed by atoms with Gasteiger partial charge in [0.05, 0.1) is 12.5 Å². The van der Waals surface area contributed by atoms with Crippen molar-refractivity contribution in [1.29, 1.82) is 0 Å². The molecular weight excluding hydrogens is 533 g/mol. The lowest BCUT2D eigenvalue weighted by Crippen LogP contribution is -2.37. The van der Waals surface area contributed by atoms with E-state index in [0.29, 0.717) is 17.2 Å². The van der Waals surface area contributed by atoms with Gasteiger partial charge in [0.1, 0.15) is 11.5 Å². The highest BCUT2D eigenvalue weighted by Gasteiger charge is 2.24. The number of carbonyl (C=O) groups is 2. The van der Waals surface area contributed by atoms with Crippen LogP contribution in [-0.4, -0.2) is 30.1 Å². The summed E-state index contributed by atoms with van der Waals surface area (Å²) in [5.74, 6) is -0.668. The van der Waals surface area contributed by atoms with E-state index in [2.05, 4.69) is 26.3 Å². The van der Waals surface area contributed by atoms with Gasteiger partial charge in [0.25, 0.3) is 5.91 Å². The van der Waals surface area contributed by atoms with E-state index in [1.807, 2.05) is 40.7 Å². The largest absolute Gasteiger partial charge is 0.505 e. The zero-order valence-electron chi connectivity index (χ0n) is 25.9. The van der Waals surface area contributed by atoms with Crippen molar-refractivity contribution in [2.45, 2.75) is 73.3 Å². The summed E-state index contributed by atoms with van der Waals surface area (Å²) in [5.41, 5.74) is 3.03. The first-order chi connectivity index (χ1) is 19.8. The fourth-order valence-corrected chi connectivity index (χ4v) is 4.03. The van der Waals surface area contributed by atoms with Crippen molar-refractivity contribution in [3.05, 3.63) is 89.5 Å². The quantitative estimate of drug-likeness (QED) is 0.155. The van der Waals surface area contributed by atoms with Crippen molar-refractivity contribution >= 4 is 17.6 Å². The van der Waals surface area contributed by atoms with Gasteiger partial charge in [-0.1, -0.05) is 18.2 Å². The van der Waals surface area contributed by atoms with E-state index >= 15 is 0 Å². The van der Waals surface area contributed by atoms with Crippen LogP contribution >= 0.6 is 0 Å². The van der Waals surface area contributed by atoms with Crippen LogP contribution < -0.4 is 9.64 Å². The lowest BCUT2D eigenvalue weighted by atomic mass is 9.92. The van der Waals surface area contributed by atoms with E-state index in [-0.39, 0.29) is 23.5 Å². The second-order valence-corrected chi connectivity index (χ2v) is 11.0. The van der Waals surface area contributed by atoms with Crippen molar-refractivity contribution in [2.24, 2.45) is 5.41 Å². The highest BCUT2D eigenvalue weighted by atomic mass is 19.1. The number of methoxy groups -OCH3 is 1. The molecule has 0 atom stereocenters. The van der Waals surface area contributed by atoms with E-state index in [4.69, 9.17) is 9.47 Å². The molecule has 0 spiro atoms. The van der Waals surface area contributed by atoms with Gasteiger partial charge >= 0.3 is 5.97 Å². The summed E-state index contributed by atoms with van der Waals surface area (Å²) in [6, 6.07) is 10.6. The molecule has 0 aromatic heterocycles. The zero-order chi connectivity index (χ0) is 32.0. The van der Waals surface area contributed by atoms with Crippen LogP contribution in [0.3, 0.4) is 0 Å². The minimum Gasteiger partial charge on any atom is -0.505 e. The van der Waals surface area contributed by atoms with Crippen molar-refractivity contribution in [2.75, 3.05) is 12.0 Å². The molecule has 0 unspecified atom stereocenters. The number of hydrogen-bond donors (Lipinski definition) is 1. The third-order valence-electron chi connectivity index (χ3n) is 6.40. The maximum absolute atomic E-state index is 13.5. The highest BCUT2D eigenvalue weighted by molar-refractivity contribution is 6.06. The molecule has 0 radical (unpaired) electrons. The Balaban J connectivity index is 0.000000404. The lowest BCUT2D eigenvalue weighted by Gasteiger charge is -2.27. The minimum absolute atomic E-state index is 0.128. The number of anilines is 1. The summed E-state index contributed by atoms with van der Waals surface area (Å²) in [5, 5.41) is 9.24. The van der Waals surface area contributed by atoms with Gasteiger partial charge in [-0.05, 0) is 115 Å². The summed E-state index contributed by atoms with van der Waals surface area (Å²) in [6.45, 7) is 15.2. The van der Waals surface area contributed by atoms with Gasteiger partial charge in [0.15, 0.2) is 11.6 Å². The highest BCUT2D eigenvalue weighted by Crippen LogP contribution is 2.28. The molecule has 6 nitrogen and oxygen atoms in total. The number of rotatable bonds is 7. The summed E-state index contributed by atoms with van der Waals surface area (Å²) >= 11 is 0. The van der Waals surface area contributed by atoms with Crippen LogP contribution in [0.1, 0.15) is 77.6 Å². The lowest BCUT2D eigenvalue weighted by molar-refractivity contribution is -0.147. The summed E-state index contributed by atoms with van der Waals surface area (Å²) in [7, 11) is 1.55. The monoisotopic (exact) mass is 577 g/mol. The molecule has 0 fully saturated rings. The van der Waals surface area contributed by atoms with E-state index in [0.717, 1.165) is 18.9 Å². The third-order valence-corrected chi connectivity index (χ3v) is 6.40. The van der Waals surface area contributed by atoms with E-state index in [1.165, 1.54) is 36.1 Å². The number of nitrogens with zero attached hydrogens (tertiary/aromatic N) is 1. The summed E-state index contributed by atoms with van der Waals surface area (Å²) < 4.78 is 24.0. The molecule has 2 aromatic carbocycles. The Labute approximate surface area is 250 Å². The molecule has 226 valence electrons. The molecule has 0 saturated carbocycles. The molecule has 1 N–H and O–H groups in total. The second kappa shape index (κ2) is 16.8. The van der Waals surface area contributed by atoms with Gasteiger partial charge in [-0.2, -0.15) is 0 Å². The average Bonchev–Trinajstić information content (AvgIpc) is 2.96. The maximum Gasteiger partial charge on any atom is 0.316 e. The molecule has 0 saturated heterocycles. The van der Waals surface area contributed by atoms with E-state index in [1.54, 1.807) is 42.4 Å². The van der Waals surface area contributed by atoms with Crippen LogP contribution in [0.25, 0.3) is 0 Å². The van der Waals surface area contributed by atoms with Crippen LogP contribution in [-0.2, 0) is 9.53 Å². The summed E-state index contributed by atoms with van der Waals surface area (Å²) in [4.78, 5) is 26.1. The van der Waals surface area contributed by atoms with Crippen molar-refractivity contribution in [3.8, 4) is 24.3 Å². The molecule has 1 aliphatic rings. The number of aromatic hydroxyl groups is 1. The van der Waals surface area contributed by atoms with E-state index < -0.39 is 17.0 Å². The number of phenolic OH excluding ortho intramolecular Hbond substituents is 1. The van der Waals surface area contributed by atoms with Gasteiger partial charge in [-0.3, -0.25) is 9.59 Å². The first-order valence-electron chi connectivity index (χ1n) is 13.8. The first-order valence-corrected chi connectivity index (χ1v) is 13.8. The number of esters is 1. The predicted octanol–water partition coefficient (Wildman–Crippen LogP) is 8.38. The van der Waals surface area contributed by atoms with Crippen LogP contribution in [0.2, 0.25) is 0 Å². The van der Waals surface area contributed by atoms with Gasteiger partial charge in [0, 0.05) is 23.4 Å². The van der Waals surface area contributed by atoms with Gasteiger partial charge in [-0.25, -0.2) is 4.39 Å². The standard InChI is InChI=1S/C17H18FNO3.C16H24O2.C2H2/c1-11(2)19(13-5-4-6-14(10-13)22-3)17(21)12-7-8-16(20)15(18)9-12;1-6-14(18-15(17)16(3,4)5)11-13-10-8-7-9-12(13)2;1-2/h4-11,20H,1-3H3;6,11H,1,7-10H2,2-5H3;1-2H/b;14-11+;. The van der Waals surface area contributed by atoms with Gasteiger partial charge < -0.3 is 19.5 Å². The molecule has 1 amide bonds. The molecule has 0 bridgehead atoms. The zero-order valence-corrected chi connectivity index (χ0v) is 25.9. The second-order valence-electron chi connectivity index (χ2n) is 11.0. The number of carbonyl (C=O) groups excluding carboxylic acids is 2. The van der Waals surface area contributed by atoms with Crippen LogP contribution in [0.15, 0.2) is 78.1 Å².